The van der Waals surface area contributed by atoms with E-state index >= 15 is 0 Å². The normalized spacial score (nSPS) is 23.7. The Morgan fingerprint density at radius 2 is 1.95 bits per heavy atom. The van der Waals surface area contributed by atoms with E-state index in [-0.39, 0.29) is 11.7 Å². The Balaban J connectivity index is 1.79. The third kappa shape index (κ3) is 2.64. The smallest absolute Gasteiger partial charge is 0.123 e. The van der Waals surface area contributed by atoms with Crippen LogP contribution >= 0.6 is 0 Å². The summed E-state index contributed by atoms with van der Waals surface area (Å²) in [5.41, 5.74) is 2.22. The Morgan fingerprint density at radius 3 is 2.68 bits per heavy atom. The van der Waals surface area contributed by atoms with E-state index in [4.69, 9.17) is 4.74 Å². The fourth-order valence-corrected chi connectivity index (χ4v) is 3.54. The van der Waals surface area contributed by atoms with E-state index in [1.54, 1.807) is 0 Å². The molecule has 1 fully saturated rings. The lowest BCUT2D eigenvalue weighted by molar-refractivity contribution is 0.0848. The molecule has 1 unspecified atom stereocenters. The first-order valence-corrected chi connectivity index (χ1v) is 7.55. The Kier molecular flexibility index (Phi) is 3.30. The van der Waals surface area contributed by atoms with Gasteiger partial charge in [-0.05, 0) is 55.9 Å². The van der Waals surface area contributed by atoms with Gasteiger partial charge in [0.25, 0.3) is 0 Å². The lowest BCUT2D eigenvalue weighted by Gasteiger charge is -2.27. The van der Waals surface area contributed by atoms with Crippen molar-refractivity contribution in [3.8, 4) is 5.75 Å². The van der Waals surface area contributed by atoms with Crippen LogP contribution in [-0.4, -0.2) is 10.7 Å². The van der Waals surface area contributed by atoms with E-state index in [0.717, 1.165) is 17.7 Å². The molecule has 0 amide bonds. The zero-order valence-electron chi connectivity index (χ0n) is 12.0. The highest BCUT2D eigenvalue weighted by atomic mass is 16.5. The van der Waals surface area contributed by atoms with Gasteiger partial charge in [-0.1, -0.05) is 25.3 Å². The molecule has 1 aromatic rings. The van der Waals surface area contributed by atoms with E-state index in [1.807, 2.05) is 12.1 Å². The zero-order valence-corrected chi connectivity index (χ0v) is 12.0. The van der Waals surface area contributed by atoms with Gasteiger partial charge in [0.05, 0.1) is 6.10 Å². The van der Waals surface area contributed by atoms with Gasteiger partial charge in [0, 0.05) is 6.42 Å². The molecular weight excluding hydrogens is 236 g/mol. The largest absolute Gasteiger partial charge is 0.487 e. The number of fused-ring (bicyclic) bond motifs is 1. The molecule has 1 saturated carbocycles. The minimum atomic E-state index is -0.297. The summed E-state index contributed by atoms with van der Waals surface area (Å²) < 4.78 is 5.89. The van der Waals surface area contributed by atoms with E-state index < -0.39 is 0 Å². The monoisotopic (exact) mass is 260 g/mol. The van der Waals surface area contributed by atoms with E-state index in [9.17, 15) is 5.11 Å². The second-order valence-electron chi connectivity index (χ2n) is 6.75. The van der Waals surface area contributed by atoms with Crippen molar-refractivity contribution in [2.75, 3.05) is 0 Å². The van der Waals surface area contributed by atoms with Crippen LogP contribution in [0.5, 0.6) is 5.75 Å². The molecule has 2 aliphatic rings. The van der Waals surface area contributed by atoms with Gasteiger partial charge >= 0.3 is 0 Å². The van der Waals surface area contributed by atoms with Crippen molar-refractivity contribution in [2.45, 2.75) is 64.1 Å². The fraction of sp³-hybridized carbons (Fsp3) is 0.647. The van der Waals surface area contributed by atoms with Gasteiger partial charge in [-0.3, -0.25) is 0 Å². The SMILES string of the molecule is CC1(C)Cc2cc(C(O)C3CCCCC3)ccc2O1. The first-order valence-electron chi connectivity index (χ1n) is 7.55. The van der Waals surface area contributed by atoms with Crippen molar-refractivity contribution < 1.29 is 9.84 Å². The summed E-state index contributed by atoms with van der Waals surface area (Å²) in [5, 5.41) is 10.6. The lowest BCUT2D eigenvalue weighted by Crippen LogP contribution is -2.24. The summed E-state index contributed by atoms with van der Waals surface area (Å²) in [6.07, 6.45) is 6.84. The maximum absolute atomic E-state index is 10.6. The summed E-state index contributed by atoms with van der Waals surface area (Å²) in [4.78, 5) is 0. The lowest BCUT2D eigenvalue weighted by atomic mass is 9.82. The molecule has 0 radical (unpaired) electrons. The van der Waals surface area contributed by atoms with Crippen molar-refractivity contribution in [1.29, 1.82) is 0 Å². The number of ether oxygens (including phenoxy) is 1. The topological polar surface area (TPSA) is 29.5 Å². The second kappa shape index (κ2) is 4.82. The van der Waals surface area contributed by atoms with E-state index in [1.165, 1.54) is 37.7 Å². The van der Waals surface area contributed by atoms with E-state index in [0.29, 0.717) is 5.92 Å². The van der Waals surface area contributed by atoms with Crippen LogP contribution in [0.3, 0.4) is 0 Å². The van der Waals surface area contributed by atoms with Crippen LogP contribution in [0.2, 0.25) is 0 Å². The van der Waals surface area contributed by atoms with Crippen molar-refractivity contribution in [3.05, 3.63) is 29.3 Å². The third-order valence-corrected chi connectivity index (χ3v) is 4.52. The molecule has 2 heteroatoms. The van der Waals surface area contributed by atoms with Crippen LogP contribution in [-0.2, 0) is 6.42 Å². The number of hydrogen-bond acceptors (Lipinski definition) is 2. The molecule has 0 bridgehead atoms. The molecule has 2 nitrogen and oxygen atoms in total. The van der Waals surface area contributed by atoms with Crippen LogP contribution in [0, 0.1) is 5.92 Å². The Hall–Kier alpha value is -1.02. The van der Waals surface area contributed by atoms with E-state index in [2.05, 4.69) is 19.9 Å². The number of hydrogen-bond donors (Lipinski definition) is 1. The van der Waals surface area contributed by atoms with Crippen LogP contribution in [0.1, 0.15) is 63.2 Å². The van der Waals surface area contributed by atoms with Gasteiger partial charge in [0.15, 0.2) is 0 Å². The molecule has 1 aliphatic heterocycles. The number of aliphatic hydroxyl groups is 1. The average Bonchev–Trinajstić information content (AvgIpc) is 2.71. The predicted molar refractivity (Wildman–Crippen MR) is 76.4 cm³/mol. The standard InChI is InChI=1S/C17H24O2/c1-17(2)11-14-10-13(8-9-15(14)19-17)16(18)12-6-4-3-5-7-12/h8-10,12,16,18H,3-7,11H2,1-2H3. The van der Waals surface area contributed by atoms with Gasteiger partial charge in [0.2, 0.25) is 0 Å². The molecule has 1 aromatic carbocycles. The Bertz CT molecular complexity index is 458. The summed E-state index contributed by atoms with van der Waals surface area (Å²) in [6, 6.07) is 6.23. The highest BCUT2D eigenvalue weighted by Gasteiger charge is 2.31. The predicted octanol–water partition coefficient (Wildman–Crippen LogP) is 4.01. The van der Waals surface area contributed by atoms with Gasteiger partial charge in [0.1, 0.15) is 11.4 Å². The molecule has 1 atom stereocenters. The Morgan fingerprint density at radius 1 is 1.21 bits per heavy atom. The molecule has 3 rings (SSSR count). The number of rotatable bonds is 2. The highest BCUT2D eigenvalue weighted by molar-refractivity contribution is 5.42. The van der Waals surface area contributed by atoms with Crippen molar-refractivity contribution in [3.63, 3.8) is 0 Å². The quantitative estimate of drug-likeness (QED) is 0.870. The van der Waals surface area contributed by atoms with Crippen molar-refractivity contribution in [1.82, 2.24) is 0 Å². The van der Waals surface area contributed by atoms with Gasteiger partial charge in [-0.15, -0.1) is 0 Å². The molecular formula is C17H24O2. The van der Waals surface area contributed by atoms with Crippen molar-refractivity contribution in [2.24, 2.45) is 5.92 Å². The van der Waals surface area contributed by atoms with Crippen molar-refractivity contribution >= 4 is 0 Å². The van der Waals surface area contributed by atoms with Crippen LogP contribution < -0.4 is 4.74 Å². The fourth-order valence-electron chi connectivity index (χ4n) is 3.54. The highest BCUT2D eigenvalue weighted by Crippen LogP contribution is 2.39. The first-order chi connectivity index (χ1) is 9.05. The van der Waals surface area contributed by atoms with Crippen LogP contribution in [0.4, 0.5) is 0 Å². The number of benzene rings is 1. The van der Waals surface area contributed by atoms with Gasteiger partial charge in [-0.2, -0.15) is 0 Å². The number of aliphatic hydroxyl groups excluding tert-OH is 1. The maximum Gasteiger partial charge on any atom is 0.123 e. The Labute approximate surface area is 115 Å². The molecule has 1 N–H and O–H groups in total. The maximum atomic E-state index is 10.6. The summed E-state index contributed by atoms with van der Waals surface area (Å²) in [5.74, 6) is 1.44. The van der Waals surface area contributed by atoms with Crippen LogP contribution in [0.15, 0.2) is 18.2 Å². The van der Waals surface area contributed by atoms with Gasteiger partial charge in [-0.25, -0.2) is 0 Å². The molecule has 0 aromatic heterocycles. The molecule has 0 saturated heterocycles. The summed E-state index contributed by atoms with van der Waals surface area (Å²) >= 11 is 0. The first kappa shape index (κ1) is 13.0. The zero-order chi connectivity index (χ0) is 13.5. The minimum Gasteiger partial charge on any atom is -0.487 e. The van der Waals surface area contributed by atoms with Gasteiger partial charge < -0.3 is 9.84 Å². The third-order valence-electron chi connectivity index (χ3n) is 4.52. The van der Waals surface area contributed by atoms with Crippen LogP contribution in [0.25, 0.3) is 0 Å². The molecule has 0 spiro atoms. The average molecular weight is 260 g/mol. The molecule has 1 heterocycles. The molecule has 1 aliphatic carbocycles. The summed E-state index contributed by atoms with van der Waals surface area (Å²) in [6.45, 7) is 4.23. The molecule has 19 heavy (non-hydrogen) atoms. The summed E-state index contributed by atoms with van der Waals surface area (Å²) in [7, 11) is 0. The minimum absolute atomic E-state index is 0.100. The second-order valence-corrected chi connectivity index (χ2v) is 6.75. The molecule has 104 valence electrons.